The van der Waals surface area contributed by atoms with Crippen LogP contribution in [0.15, 0.2) is 0 Å². The fraction of sp³-hybridized carbons (Fsp3) is 0.958. The summed E-state index contributed by atoms with van der Waals surface area (Å²) in [5.74, 6) is 2.08. The smallest absolute Gasteiger partial charge is 0.225 e. The molecule has 1 amide bonds. The van der Waals surface area contributed by atoms with Gasteiger partial charge in [0.1, 0.15) is 0 Å². The van der Waals surface area contributed by atoms with Crippen molar-refractivity contribution in [2.24, 2.45) is 28.9 Å². The SMILES string of the molecule is CN1CCN(C(=O)C2CCC(C3CCNCC3N)CCC3(CCCCC3)C2)CC1. The van der Waals surface area contributed by atoms with Crippen molar-refractivity contribution >= 4 is 5.91 Å². The molecule has 0 aromatic heterocycles. The average molecular weight is 405 g/mol. The summed E-state index contributed by atoms with van der Waals surface area (Å²) in [6.07, 6.45) is 14.2. The van der Waals surface area contributed by atoms with E-state index in [1.165, 1.54) is 57.8 Å². The molecule has 4 aliphatic rings. The van der Waals surface area contributed by atoms with Crippen molar-refractivity contribution in [3.63, 3.8) is 0 Å². The van der Waals surface area contributed by atoms with Crippen LogP contribution in [0, 0.1) is 23.2 Å². The van der Waals surface area contributed by atoms with Crippen LogP contribution in [0.4, 0.5) is 0 Å². The summed E-state index contributed by atoms with van der Waals surface area (Å²) in [4.78, 5) is 18.1. The Morgan fingerprint density at radius 3 is 2.45 bits per heavy atom. The fourth-order valence-corrected chi connectivity index (χ4v) is 6.95. The molecule has 0 bridgehead atoms. The molecule has 0 radical (unpaired) electrons. The van der Waals surface area contributed by atoms with Gasteiger partial charge in [0.05, 0.1) is 0 Å². The molecule has 4 atom stereocenters. The van der Waals surface area contributed by atoms with Crippen molar-refractivity contribution in [3.8, 4) is 0 Å². The van der Waals surface area contributed by atoms with E-state index in [1.54, 1.807) is 0 Å². The number of amides is 1. The number of piperazine rings is 1. The van der Waals surface area contributed by atoms with Crippen molar-refractivity contribution in [2.75, 3.05) is 46.3 Å². The summed E-state index contributed by atoms with van der Waals surface area (Å²) in [7, 11) is 2.17. The Hall–Kier alpha value is -0.650. The minimum atomic E-state index is 0.247. The van der Waals surface area contributed by atoms with Gasteiger partial charge in [0.2, 0.25) is 5.91 Å². The first-order chi connectivity index (χ1) is 14.1. The Labute approximate surface area is 178 Å². The maximum atomic E-state index is 13.6. The first-order valence-electron chi connectivity index (χ1n) is 12.5. The molecule has 4 rings (SSSR count). The third-order valence-electron chi connectivity index (χ3n) is 8.88. The van der Waals surface area contributed by atoms with E-state index in [0.717, 1.165) is 52.1 Å². The number of nitrogens with zero attached hydrogens (tertiary/aromatic N) is 2. The zero-order chi connectivity index (χ0) is 20.3. The highest BCUT2D eigenvalue weighted by molar-refractivity contribution is 5.79. The lowest BCUT2D eigenvalue weighted by atomic mass is 9.61. The van der Waals surface area contributed by atoms with E-state index >= 15 is 0 Å². The molecule has 2 heterocycles. The number of likely N-dealkylation sites (N-methyl/N-ethyl adjacent to an activating group) is 1. The molecular weight excluding hydrogens is 360 g/mol. The highest BCUT2D eigenvalue weighted by atomic mass is 16.2. The number of carbonyl (C=O) groups is 1. The summed E-state index contributed by atoms with van der Waals surface area (Å²) in [5, 5.41) is 3.47. The van der Waals surface area contributed by atoms with Crippen LogP contribution >= 0.6 is 0 Å². The van der Waals surface area contributed by atoms with Crippen molar-refractivity contribution in [2.45, 2.75) is 76.7 Å². The van der Waals surface area contributed by atoms with Crippen LogP contribution in [0.1, 0.15) is 70.6 Å². The molecule has 5 heteroatoms. The van der Waals surface area contributed by atoms with Gasteiger partial charge in [-0.1, -0.05) is 19.3 Å². The Bertz CT molecular complexity index is 539. The third-order valence-corrected chi connectivity index (χ3v) is 8.88. The van der Waals surface area contributed by atoms with E-state index in [2.05, 4.69) is 22.2 Å². The van der Waals surface area contributed by atoms with Gasteiger partial charge >= 0.3 is 0 Å². The Kier molecular flexibility index (Phi) is 7.18. The second-order valence-corrected chi connectivity index (χ2v) is 10.8. The quantitative estimate of drug-likeness (QED) is 0.743. The van der Waals surface area contributed by atoms with Gasteiger partial charge in [0.25, 0.3) is 0 Å². The zero-order valence-corrected chi connectivity index (χ0v) is 18.7. The van der Waals surface area contributed by atoms with Crippen molar-refractivity contribution in [3.05, 3.63) is 0 Å². The van der Waals surface area contributed by atoms with Gasteiger partial charge in [-0.3, -0.25) is 4.79 Å². The second kappa shape index (κ2) is 9.65. The van der Waals surface area contributed by atoms with Crippen molar-refractivity contribution in [1.82, 2.24) is 15.1 Å². The summed E-state index contributed by atoms with van der Waals surface area (Å²) in [6.45, 7) is 5.97. The fourth-order valence-electron chi connectivity index (χ4n) is 6.95. The summed E-state index contributed by atoms with van der Waals surface area (Å²) >= 11 is 0. The Morgan fingerprint density at radius 2 is 1.72 bits per heavy atom. The zero-order valence-electron chi connectivity index (χ0n) is 18.7. The highest BCUT2D eigenvalue weighted by Gasteiger charge is 2.41. The first-order valence-corrected chi connectivity index (χ1v) is 12.5. The Morgan fingerprint density at radius 1 is 0.966 bits per heavy atom. The Balaban J connectivity index is 1.48. The molecule has 29 heavy (non-hydrogen) atoms. The molecule has 3 N–H and O–H groups in total. The lowest BCUT2D eigenvalue weighted by molar-refractivity contribution is -0.139. The average Bonchev–Trinajstić information content (AvgIpc) is 2.73. The summed E-state index contributed by atoms with van der Waals surface area (Å²) in [5.41, 5.74) is 6.98. The molecule has 2 aliphatic heterocycles. The second-order valence-electron chi connectivity index (χ2n) is 10.8. The number of nitrogens with one attached hydrogen (secondary N) is 1. The molecule has 2 aliphatic carbocycles. The van der Waals surface area contributed by atoms with Gasteiger partial charge in [0, 0.05) is 44.7 Å². The standard InChI is InChI=1S/C24H44N4O/c1-27-13-15-28(16-14-27)23(29)20-6-5-19(21-8-12-26-18-22(21)25)7-11-24(17-20)9-3-2-4-10-24/h19-22,26H,2-18,25H2,1H3. The van der Waals surface area contributed by atoms with Crippen LogP contribution in [0.3, 0.4) is 0 Å². The van der Waals surface area contributed by atoms with Crippen LogP contribution in [-0.4, -0.2) is 68.1 Å². The van der Waals surface area contributed by atoms with E-state index < -0.39 is 0 Å². The van der Waals surface area contributed by atoms with E-state index in [-0.39, 0.29) is 5.92 Å². The van der Waals surface area contributed by atoms with E-state index in [9.17, 15) is 4.79 Å². The minimum Gasteiger partial charge on any atom is -0.340 e. The van der Waals surface area contributed by atoms with Gasteiger partial charge in [0.15, 0.2) is 0 Å². The van der Waals surface area contributed by atoms with Gasteiger partial charge in [-0.2, -0.15) is 0 Å². The lowest BCUT2D eigenvalue weighted by Crippen LogP contribution is -2.51. The summed E-state index contributed by atoms with van der Waals surface area (Å²) < 4.78 is 0. The highest BCUT2D eigenvalue weighted by Crippen LogP contribution is 2.49. The predicted octanol–water partition coefficient (Wildman–Crippen LogP) is 2.84. The molecule has 5 nitrogen and oxygen atoms in total. The third kappa shape index (κ3) is 5.16. The molecule has 2 saturated carbocycles. The molecule has 166 valence electrons. The number of hydrogen-bond donors (Lipinski definition) is 2. The van der Waals surface area contributed by atoms with Crippen LogP contribution in [0.25, 0.3) is 0 Å². The van der Waals surface area contributed by atoms with E-state index in [0.29, 0.717) is 29.2 Å². The molecule has 4 fully saturated rings. The van der Waals surface area contributed by atoms with E-state index in [4.69, 9.17) is 5.73 Å². The molecule has 4 unspecified atom stereocenters. The molecule has 0 aromatic carbocycles. The monoisotopic (exact) mass is 404 g/mol. The predicted molar refractivity (Wildman–Crippen MR) is 119 cm³/mol. The van der Waals surface area contributed by atoms with Gasteiger partial charge in [-0.25, -0.2) is 0 Å². The topological polar surface area (TPSA) is 61.6 Å². The molecule has 1 spiro atoms. The summed E-state index contributed by atoms with van der Waals surface area (Å²) in [6, 6.07) is 0.294. The molecular formula is C24H44N4O. The number of nitrogens with two attached hydrogens (primary N) is 1. The van der Waals surface area contributed by atoms with Gasteiger partial charge < -0.3 is 20.9 Å². The first kappa shape index (κ1) is 21.6. The number of piperidine rings is 1. The number of hydrogen-bond acceptors (Lipinski definition) is 4. The van der Waals surface area contributed by atoms with Gasteiger partial charge in [-0.15, -0.1) is 0 Å². The molecule has 2 saturated heterocycles. The molecule has 0 aromatic rings. The lowest BCUT2D eigenvalue weighted by Gasteiger charge is -2.46. The minimum absolute atomic E-state index is 0.247. The van der Waals surface area contributed by atoms with Gasteiger partial charge in [-0.05, 0) is 82.2 Å². The number of carbonyl (C=O) groups excluding carboxylic acids is 1. The normalized spacial score (nSPS) is 37.1. The number of rotatable bonds is 2. The van der Waals surface area contributed by atoms with Crippen LogP contribution in [0.5, 0.6) is 0 Å². The van der Waals surface area contributed by atoms with Crippen molar-refractivity contribution < 1.29 is 4.79 Å². The maximum Gasteiger partial charge on any atom is 0.225 e. The van der Waals surface area contributed by atoms with Crippen LogP contribution < -0.4 is 11.1 Å². The van der Waals surface area contributed by atoms with E-state index in [1.807, 2.05) is 0 Å². The van der Waals surface area contributed by atoms with Crippen molar-refractivity contribution in [1.29, 1.82) is 0 Å². The van der Waals surface area contributed by atoms with Crippen LogP contribution in [0.2, 0.25) is 0 Å². The van der Waals surface area contributed by atoms with Crippen LogP contribution in [-0.2, 0) is 4.79 Å². The maximum absolute atomic E-state index is 13.6. The largest absolute Gasteiger partial charge is 0.340 e.